The Labute approximate surface area is 118 Å². The first-order valence-corrected chi connectivity index (χ1v) is 6.96. The summed E-state index contributed by atoms with van der Waals surface area (Å²) in [4.78, 5) is 18.1. The van der Waals surface area contributed by atoms with Crippen molar-refractivity contribution in [3.05, 3.63) is 22.8 Å². The number of carbonyl (C=O) groups is 1. The van der Waals surface area contributed by atoms with Gasteiger partial charge in [0, 0.05) is 18.7 Å². The van der Waals surface area contributed by atoms with Gasteiger partial charge in [0.1, 0.15) is 11.0 Å². The maximum absolute atomic E-state index is 11.9. The van der Waals surface area contributed by atoms with E-state index < -0.39 is 0 Å². The number of aromatic nitrogens is 1. The van der Waals surface area contributed by atoms with E-state index in [4.69, 9.17) is 17.3 Å². The molecule has 0 aromatic carbocycles. The second kappa shape index (κ2) is 6.73. The van der Waals surface area contributed by atoms with E-state index >= 15 is 0 Å². The Balaban J connectivity index is 1.80. The molecule has 1 aliphatic heterocycles. The molecule has 1 aliphatic rings. The lowest BCUT2D eigenvalue weighted by Crippen LogP contribution is -2.37. The second-order valence-corrected chi connectivity index (χ2v) is 5.15. The number of anilines is 1. The van der Waals surface area contributed by atoms with Crippen LogP contribution in [0.25, 0.3) is 0 Å². The summed E-state index contributed by atoms with van der Waals surface area (Å²) in [6.07, 6.45) is 3.83. The van der Waals surface area contributed by atoms with E-state index in [1.807, 2.05) is 0 Å². The molecule has 1 amide bonds. The molecule has 0 spiro atoms. The number of hydrogen-bond donors (Lipinski definition) is 2. The predicted octanol–water partition coefficient (Wildman–Crippen LogP) is 1.53. The van der Waals surface area contributed by atoms with Crippen LogP contribution in [0.5, 0.6) is 0 Å². The monoisotopic (exact) mass is 282 g/mol. The number of rotatable bonds is 4. The number of nitrogens with one attached hydrogen (secondary N) is 1. The minimum atomic E-state index is -0.159. The van der Waals surface area contributed by atoms with Gasteiger partial charge < -0.3 is 16.0 Å². The van der Waals surface area contributed by atoms with Crippen LogP contribution in [-0.2, 0) is 0 Å². The van der Waals surface area contributed by atoms with Gasteiger partial charge in [-0.15, -0.1) is 0 Å². The van der Waals surface area contributed by atoms with Gasteiger partial charge >= 0.3 is 0 Å². The summed E-state index contributed by atoms with van der Waals surface area (Å²) in [5.74, 6) is 0.0988. The summed E-state index contributed by atoms with van der Waals surface area (Å²) in [5.41, 5.74) is 6.01. The first-order chi connectivity index (χ1) is 9.15. The molecule has 0 aliphatic carbocycles. The number of carbonyl (C=O) groups excluding carboxylic acids is 1. The molecule has 1 saturated heterocycles. The Morgan fingerprint density at radius 1 is 1.37 bits per heavy atom. The number of pyridine rings is 1. The quantitative estimate of drug-likeness (QED) is 0.822. The normalized spacial score (nSPS) is 16.3. The molecule has 0 bridgehead atoms. The van der Waals surface area contributed by atoms with E-state index in [9.17, 15) is 4.79 Å². The largest absolute Gasteiger partial charge is 0.384 e. The third-order valence-electron chi connectivity index (χ3n) is 3.24. The maximum Gasteiger partial charge on any atom is 0.251 e. The fourth-order valence-corrected chi connectivity index (χ4v) is 2.48. The molecule has 0 atom stereocenters. The number of amides is 1. The first kappa shape index (κ1) is 14.1. The summed E-state index contributed by atoms with van der Waals surface area (Å²) in [6.45, 7) is 3.78. The highest BCUT2D eigenvalue weighted by molar-refractivity contribution is 6.29. The van der Waals surface area contributed by atoms with E-state index in [1.165, 1.54) is 31.4 Å². The van der Waals surface area contributed by atoms with E-state index in [2.05, 4.69) is 15.2 Å². The van der Waals surface area contributed by atoms with Crippen LogP contribution in [-0.4, -0.2) is 42.0 Å². The summed E-state index contributed by atoms with van der Waals surface area (Å²) in [6, 6.07) is 3.05. The first-order valence-electron chi connectivity index (χ1n) is 6.59. The zero-order valence-corrected chi connectivity index (χ0v) is 11.6. The highest BCUT2D eigenvalue weighted by Gasteiger charge is 2.11. The molecular formula is C13H19ClN4O. The summed E-state index contributed by atoms with van der Waals surface area (Å²) in [7, 11) is 0. The Morgan fingerprint density at radius 3 is 2.79 bits per heavy atom. The van der Waals surface area contributed by atoms with Gasteiger partial charge in [-0.2, -0.15) is 0 Å². The third kappa shape index (κ3) is 4.36. The van der Waals surface area contributed by atoms with Gasteiger partial charge in [0.15, 0.2) is 0 Å². The molecular weight excluding hydrogens is 264 g/mol. The highest BCUT2D eigenvalue weighted by Crippen LogP contribution is 2.12. The van der Waals surface area contributed by atoms with Crippen LogP contribution >= 0.6 is 11.6 Å². The van der Waals surface area contributed by atoms with Crippen LogP contribution in [0.3, 0.4) is 0 Å². The standard InChI is InChI=1S/C13H19ClN4O/c14-11-8-10(9-12(15)17-11)13(19)16-4-7-18-5-2-1-3-6-18/h8-9H,1-7H2,(H2,15,17)(H,16,19). The van der Waals surface area contributed by atoms with Crippen molar-refractivity contribution in [2.45, 2.75) is 19.3 Å². The van der Waals surface area contributed by atoms with Crippen molar-refractivity contribution in [3.8, 4) is 0 Å². The minimum absolute atomic E-state index is 0.159. The average molecular weight is 283 g/mol. The highest BCUT2D eigenvalue weighted by atomic mass is 35.5. The SMILES string of the molecule is Nc1cc(C(=O)NCCN2CCCCC2)cc(Cl)n1. The summed E-state index contributed by atoms with van der Waals surface area (Å²) < 4.78 is 0. The Kier molecular flexibility index (Phi) is 4.99. The van der Waals surface area contributed by atoms with Crippen LogP contribution in [0.2, 0.25) is 5.15 Å². The van der Waals surface area contributed by atoms with Crippen molar-refractivity contribution in [2.75, 3.05) is 31.9 Å². The molecule has 0 radical (unpaired) electrons. The molecule has 104 valence electrons. The fraction of sp³-hybridized carbons (Fsp3) is 0.538. The Bertz CT molecular complexity index is 426. The molecule has 0 saturated carbocycles. The molecule has 0 unspecified atom stereocenters. The number of nitrogen functional groups attached to an aromatic ring is 1. The Morgan fingerprint density at radius 2 is 2.11 bits per heavy atom. The molecule has 2 rings (SSSR count). The van der Waals surface area contributed by atoms with Crippen molar-refractivity contribution in [3.63, 3.8) is 0 Å². The predicted molar refractivity (Wildman–Crippen MR) is 76.3 cm³/mol. The lowest BCUT2D eigenvalue weighted by molar-refractivity contribution is 0.0946. The van der Waals surface area contributed by atoms with Gasteiger partial charge in [0.2, 0.25) is 0 Å². The number of halogens is 1. The smallest absolute Gasteiger partial charge is 0.251 e. The number of likely N-dealkylation sites (tertiary alicyclic amines) is 1. The van der Waals surface area contributed by atoms with E-state index in [-0.39, 0.29) is 16.9 Å². The van der Waals surface area contributed by atoms with Crippen LogP contribution in [0.15, 0.2) is 12.1 Å². The molecule has 1 aromatic rings. The fourth-order valence-electron chi connectivity index (χ4n) is 2.26. The number of hydrogen-bond acceptors (Lipinski definition) is 4. The summed E-state index contributed by atoms with van der Waals surface area (Å²) in [5, 5.41) is 3.12. The van der Waals surface area contributed by atoms with Crippen molar-refractivity contribution in [1.29, 1.82) is 0 Å². The van der Waals surface area contributed by atoms with Crippen LogP contribution in [0.4, 0.5) is 5.82 Å². The second-order valence-electron chi connectivity index (χ2n) is 4.76. The van der Waals surface area contributed by atoms with Crippen molar-refractivity contribution >= 4 is 23.3 Å². The molecule has 1 aromatic heterocycles. The van der Waals surface area contributed by atoms with E-state index in [1.54, 1.807) is 0 Å². The van der Waals surface area contributed by atoms with Gasteiger partial charge in [-0.3, -0.25) is 4.79 Å². The number of nitrogens with two attached hydrogens (primary N) is 1. The maximum atomic E-state index is 11.9. The Hall–Kier alpha value is -1.33. The third-order valence-corrected chi connectivity index (χ3v) is 3.43. The molecule has 2 heterocycles. The van der Waals surface area contributed by atoms with Crippen LogP contribution in [0, 0.1) is 0 Å². The summed E-state index contributed by atoms with van der Waals surface area (Å²) >= 11 is 5.77. The minimum Gasteiger partial charge on any atom is -0.384 e. The number of piperidine rings is 1. The van der Waals surface area contributed by atoms with Crippen molar-refractivity contribution < 1.29 is 4.79 Å². The van der Waals surface area contributed by atoms with Gasteiger partial charge in [0.25, 0.3) is 5.91 Å². The van der Waals surface area contributed by atoms with Gasteiger partial charge in [-0.05, 0) is 38.1 Å². The topological polar surface area (TPSA) is 71.2 Å². The van der Waals surface area contributed by atoms with Gasteiger partial charge in [-0.1, -0.05) is 18.0 Å². The molecule has 6 heteroatoms. The van der Waals surface area contributed by atoms with Crippen molar-refractivity contribution in [1.82, 2.24) is 15.2 Å². The van der Waals surface area contributed by atoms with Crippen molar-refractivity contribution in [2.24, 2.45) is 0 Å². The van der Waals surface area contributed by atoms with Gasteiger partial charge in [-0.25, -0.2) is 4.98 Å². The van der Waals surface area contributed by atoms with Crippen LogP contribution < -0.4 is 11.1 Å². The van der Waals surface area contributed by atoms with E-state index in [0.29, 0.717) is 12.1 Å². The average Bonchev–Trinajstić information content (AvgIpc) is 2.38. The molecule has 19 heavy (non-hydrogen) atoms. The molecule has 5 nitrogen and oxygen atoms in total. The zero-order chi connectivity index (χ0) is 13.7. The van der Waals surface area contributed by atoms with E-state index in [0.717, 1.165) is 19.6 Å². The number of nitrogens with zero attached hydrogens (tertiary/aromatic N) is 2. The molecule has 3 N–H and O–H groups in total. The van der Waals surface area contributed by atoms with Crippen LogP contribution in [0.1, 0.15) is 29.6 Å². The zero-order valence-electron chi connectivity index (χ0n) is 10.9. The lowest BCUT2D eigenvalue weighted by atomic mass is 10.1. The van der Waals surface area contributed by atoms with Gasteiger partial charge in [0.05, 0.1) is 0 Å². The lowest BCUT2D eigenvalue weighted by Gasteiger charge is -2.26. The molecule has 1 fully saturated rings.